The maximum Gasteiger partial charge on any atom is 0.246 e. The Balaban J connectivity index is 1.71. The summed E-state index contributed by atoms with van der Waals surface area (Å²) in [5.74, 6) is 1.77. The topological polar surface area (TPSA) is 48.0 Å². The van der Waals surface area contributed by atoms with Crippen LogP contribution in [0.3, 0.4) is 0 Å². The molecule has 0 radical (unpaired) electrons. The maximum absolute atomic E-state index is 12.4. The number of fused-ring (bicyclic) bond motifs is 1. The number of hydrogen-bond donors (Lipinski definition) is 0. The molecule has 1 amide bonds. The SMILES string of the molecule is COc1ccc(C)cc1CN(C)C(=O)/C=C/c1cc(Cl)c2c(c1)OCO2. The van der Waals surface area contributed by atoms with Crippen molar-refractivity contribution < 1.29 is 19.0 Å². The van der Waals surface area contributed by atoms with Gasteiger partial charge in [0.05, 0.1) is 12.1 Å². The van der Waals surface area contributed by atoms with Crippen LogP contribution in [0.5, 0.6) is 17.2 Å². The molecule has 0 saturated heterocycles. The van der Waals surface area contributed by atoms with Crippen molar-refractivity contribution in [2.24, 2.45) is 0 Å². The average Bonchev–Trinajstić information content (AvgIpc) is 3.09. The number of rotatable bonds is 5. The van der Waals surface area contributed by atoms with E-state index in [1.165, 1.54) is 6.08 Å². The summed E-state index contributed by atoms with van der Waals surface area (Å²) in [4.78, 5) is 14.1. The largest absolute Gasteiger partial charge is 0.496 e. The number of methoxy groups -OCH3 is 1. The van der Waals surface area contributed by atoms with Crippen LogP contribution in [0.4, 0.5) is 0 Å². The first-order valence-corrected chi connectivity index (χ1v) is 8.51. The number of hydrogen-bond acceptors (Lipinski definition) is 4. The average molecular weight is 374 g/mol. The molecule has 3 rings (SSSR count). The predicted molar refractivity (Wildman–Crippen MR) is 101 cm³/mol. The molecule has 136 valence electrons. The van der Waals surface area contributed by atoms with Gasteiger partial charge in [-0.2, -0.15) is 0 Å². The van der Waals surface area contributed by atoms with Crippen LogP contribution in [0.25, 0.3) is 6.08 Å². The Morgan fingerprint density at radius 3 is 2.88 bits per heavy atom. The van der Waals surface area contributed by atoms with Crippen LogP contribution in [-0.4, -0.2) is 31.8 Å². The standard InChI is InChI=1S/C20H20ClNO4/c1-13-4-6-17(24-3)15(8-13)11-22(2)19(23)7-5-14-9-16(21)20-18(10-14)25-12-26-20/h4-10H,11-12H2,1-3H3/b7-5+. The van der Waals surface area contributed by atoms with Gasteiger partial charge in [-0.05, 0) is 36.8 Å². The minimum atomic E-state index is -0.123. The summed E-state index contributed by atoms with van der Waals surface area (Å²) in [5.41, 5.74) is 2.85. The molecule has 0 fully saturated rings. The molecule has 1 heterocycles. The fraction of sp³-hybridized carbons (Fsp3) is 0.250. The van der Waals surface area contributed by atoms with Gasteiger partial charge in [-0.15, -0.1) is 0 Å². The Kier molecular flexibility index (Phi) is 5.38. The van der Waals surface area contributed by atoms with Crippen LogP contribution in [0.2, 0.25) is 5.02 Å². The molecule has 0 unspecified atom stereocenters. The minimum Gasteiger partial charge on any atom is -0.496 e. The molecule has 1 aliphatic heterocycles. The van der Waals surface area contributed by atoms with E-state index < -0.39 is 0 Å². The summed E-state index contributed by atoms with van der Waals surface area (Å²) >= 11 is 6.16. The molecular formula is C20H20ClNO4. The first-order chi connectivity index (χ1) is 12.5. The van der Waals surface area contributed by atoms with Crippen molar-refractivity contribution in [1.29, 1.82) is 0 Å². The lowest BCUT2D eigenvalue weighted by Crippen LogP contribution is -2.24. The van der Waals surface area contributed by atoms with Crippen LogP contribution in [-0.2, 0) is 11.3 Å². The number of amides is 1. The summed E-state index contributed by atoms with van der Waals surface area (Å²) in [5, 5.41) is 0.463. The number of aryl methyl sites for hydroxylation is 1. The van der Waals surface area contributed by atoms with E-state index in [0.29, 0.717) is 23.1 Å². The monoisotopic (exact) mass is 373 g/mol. The number of nitrogens with zero attached hydrogens (tertiary/aromatic N) is 1. The van der Waals surface area contributed by atoms with E-state index in [4.69, 9.17) is 25.8 Å². The van der Waals surface area contributed by atoms with Gasteiger partial charge in [-0.1, -0.05) is 29.3 Å². The first-order valence-electron chi connectivity index (χ1n) is 8.14. The van der Waals surface area contributed by atoms with E-state index in [1.807, 2.05) is 25.1 Å². The van der Waals surface area contributed by atoms with Gasteiger partial charge in [0.1, 0.15) is 5.75 Å². The van der Waals surface area contributed by atoms with E-state index in [2.05, 4.69) is 0 Å². The van der Waals surface area contributed by atoms with Crippen LogP contribution >= 0.6 is 11.6 Å². The zero-order valence-electron chi connectivity index (χ0n) is 14.9. The summed E-state index contributed by atoms with van der Waals surface area (Å²) in [7, 11) is 3.38. The minimum absolute atomic E-state index is 0.123. The van der Waals surface area contributed by atoms with Crippen LogP contribution < -0.4 is 14.2 Å². The van der Waals surface area contributed by atoms with Gasteiger partial charge in [0.2, 0.25) is 12.7 Å². The lowest BCUT2D eigenvalue weighted by Gasteiger charge is -2.17. The van der Waals surface area contributed by atoms with E-state index in [1.54, 1.807) is 37.3 Å². The van der Waals surface area contributed by atoms with Crippen LogP contribution in [0, 0.1) is 6.92 Å². The Bertz CT molecular complexity index is 863. The summed E-state index contributed by atoms with van der Waals surface area (Å²) in [6.07, 6.45) is 3.22. The molecule has 0 spiro atoms. The molecule has 6 heteroatoms. The number of benzene rings is 2. The van der Waals surface area contributed by atoms with E-state index >= 15 is 0 Å². The molecular weight excluding hydrogens is 354 g/mol. The van der Waals surface area contributed by atoms with Gasteiger partial charge < -0.3 is 19.1 Å². The quantitative estimate of drug-likeness (QED) is 0.741. The second-order valence-electron chi connectivity index (χ2n) is 6.08. The number of carbonyl (C=O) groups excluding carboxylic acids is 1. The molecule has 0 atom stereocenters. The maximum atomic E-state index is 12.4. The number of carbonyl (C=O) groups is 1. The van der Waals surface area contributed by atoms with Gasteiger partial charge in [-0.3, -0.25) is 4.79 Å². The fourth-order valence-electron chi connectivity index (χ4n) is 2.74. The van der Waals surface area contributed by atoms with E-state index in [0.717, 1.165) is 22.4 Å². The van der Waals surface area contributed by atoms with Crippen molar-refractivity contribution in [3.05, 3.63) is 58.1 Å². The van der Waals surface area contributed by atoms with Crippen molar-refractivity contribution in [1.82, 2.24) is 4.90 Å². The highest BCUT2D eigenvalue weighted by atomic mass is 35.5. The van der Waals surface area contributed by atoms with E-state index in [9.17, 15) is 4.79 Å². The molecule has 5 nitrogen and oxygen atoms in total. The first kappa shape index (κ1) is 18.1. The second-order valence-corrected chi connectivity index (χ2v) is 6.49. The second kappa shape index (κ2) is 7.70. The predicted octanol–water partition coefficient (Wildman–Crippen LogP) is 4.06. The molecule has 2 aromatic carbocycles. The molecule has 26 heavy (non-hydrogen) atoms. The van der Waals surface area contributed by atoms with Crippen molar-refractivity contribution >= 4 is 23.6 Å². The molecule has 1 aliphatic rings. The van der Waals surface area contributed by atoms with Crippen molar-refractivity contribution in [3.8, 4) is 17.2 Å². The van der Waals surface area contributed by atoms with Gasteiger partial charge in [-0.25, -0.2) is 0 Å². The molecule has 0 aromatic heterocycles. The molecule has 2 aromatic rings. The van der Waals surface area contributed by atoms with Crippen molar-refractivity contribution in [3.63, 3.8) is 0 Å². The number of halogens is 1. The Hall–Kier alpha value is -2.66. The van der Waals surface area contributed by atoms with Gasteiger partial charge in [0.15, 0.2) is 11.5 Å². The Labute approximate surface area is 157 Å². The van der Waals surface area contributed by atoms with Gasteiger partial charge in [0.25, 0.3) is 0 Å². The van der Waals surface area contributed by atoms with Crippen molar-refractivity contribution in [2.75, 3.05) is 21.0 Å². The molecule has 0 bridgehead atoms. The van der Waals surface area contributed by atoms with E-state index in [-0.39, 0.29) is 12.7 Å². The highest BCUT2D eigenvalue weighted by Gasteiger charge is 2.17. The van der Waals surface area contributed by atoms with Crippen molar-refractivity contribution in [2.45, 2.75) is 13.5 Å². The summed E-state index contributed by atoms with van der Waals surface area (Å²) < 4.78 is 16.0. The highest BCUT2D eigenvalue weighted by Crippen LogP contribution is 2.40. The van der Waals surface area contributed by atoms with Crippen LogP contribution in [0.15, 0.2) is 36.4 Å². The number of likely N-dealkylation sites (N-methyl/N-ethyl adjacent to an activating group) is 1. The lowest BCUT2D eigenvalue weighted by molar-refractivity contribution is -0.125. The fourth-order valence-corrected chi connectivity index (χ4v) is 3.02. The van der Waals surface area contributed by atoms with Crippen LogP contribution in [0.1, 0.15) is 16.7 Å². The number of ether oxygens (including phenoxy) is 3. The Morgan fingerprint density at radius 2 is 2.12 bits per heavy atom. The third-order valence-electron chi connectivity index (χ3n) is 4.09. The molecule has 0 aliphatic carbocycles. The smallest absolute Gasteiger partial charge is 0.246 e. The zero-order valence-corrected chi connectivity index (χ0v) is 15.7. The lowest BCUT2D eigenvalue weighted by atomic mass is 10.1. The molecule has 0 saturated carbocycles. The normalized spacial score (nSPS) is 12.5. The summed E-state index contributed by atoms with van der Waals surface area (Å²) in [6, 6.07) is 9.44. The summed E-state index contributed by atoms with van der Waals surface area (Å²) in [6.45, 7) is 2.62. The Morgan fingerprint density at radius 1 is 1.31 bits per heavy atom. The third kappa shape index (κ3) is 3.94. The zero-order chi connectivity index (χ0) is 18.7. The van der Waals surface area contributed by atoms with Gasteiger partial charge >= 0.3 is 0 Å². The molecule has 0 N–H and O–H groups in total. The third-order valence-corrected chi connectivity index (χ3v) is 4.37. The highest BCUT2D eigenvalue weighted by molar-refractivity contribution is 6.32. The van der Waals surface area contributed by atoms with Gasteiger partial charge in [0, 0.05) is 25.2 Å².